The zero-order valence-corrected chi connectivity index (χ0v) is 28.9. The summed E-state index contributed by atoms with van der Waals surface area (Å²) in [6, 6.07) is 9.62. The molecule has 1 fully saturated rings. The third-order valence-electron chi connectivity index (χ3n) is 8.20. The average Bonchev–Trinajstić information content (AvgIpc) is 3.51. The van der Waals surface area contributed by atoms with Gasteiger partial charge in [0.2, 0.25) is 17.2 Å². The second-order valence-corrected chi connectivity index (χ2v) is 13.7. The van der Waals surface area contributed by atoms with Crippen LogP contribution in [0.25, 0.3) is 0 Å². The highest BCUT2D eigenvalue weighted by molar-refractivity contribution is 6.27. The molecule has 0 spiro atoms. The Kier molecular flexibility index (Phi) is 13.3. The first-order valence-corrected chi connectivity index (χ1v) is 16.3. The Morgan fingerprint density at radius 1 is 1.00 bits per heavy atom. The summed E-state index contributed by atoms with van der Waals surface area (Å²) in [4.78, 5) is 81.6. The van der Waals surface area contributed by atoms with Gasteiger partial charge in [0, 0.05) is 19.9 Å². The number of amides is 2. The minimum Gasteiger partial charge on any atom is -0.508 e. The fourth-order valence-electron chi connectivity index (χ4n) is 5.70. The third kappa shape index (κ3) is 10.0. The molecule has 2 aromatic carbocycles. The van der Waals surface area contributed by atoms with E-state index in [-0.39, 0.29) is 38.0 Å². The summed E-state index contributed by atoms with van der Waals surface area (Å²) in [7, 11) is 0. The molecule has 3 unspecified atom stereocenters. The number of ether oxygens (including phenoxy) is 2. The Bertz CT molecular complexity index is 1490. The van der Waals surface area contributed by atoms with Crippen molar-refractivity contribution in [3.8, 4) is 5.75 Å². The highest BCUT2D eigenvalue weighted by Crippen LogP contribution is 2.34. The molecule has 13 nitrogen and oxygen atoms in total. The first kappa shape index (κ1) is 39.0. The topological polar surface area (TPSA) is 203 Å². The number of carbonyl (C=O) groups is 6. The number of benzene rings is 2. The predicted octanol–water partition coefficient (Wildman–Crippen LogP) is 1.52. The molecule has 2 aromatic rings. The second kappa shape index (κ2) is 16.8. The van der Waals surface area contributed by atoms with Crippen LogP contribution in [0.1, 0.15) is 59.1 Å². The number of ketones is 2. The van der Waals surface area contributed by atoms with Crippen LogP contribution < -0.4 is 21.7 Å². The number of hydrogen-bond acceptors (Lipinski definition) is 11. The normalized spacial score (nSPS) is 19.2. The zero-order valence-electron chi connectivity index (χ0n) is 28.9. The molecule has 266 valence electrons. The van der Waals surface area contributed by atoms with Gasteiger partial charge in [0.25, 0.3) is 0 Å². The van der Waals surface area contributed by atoms with Crippen LogP contribution in [-0.4, -0.2) is 83.2 Å². The van der Waals surface area contributed by atoms with Crippen LogP contribution in [0.4, 0.5) is 0 Å². The van der Waals surface area contributed by atoms with E-state index >= 15 is 0 Å². The predicted molar refractivity (Wildman–Crippen MR) is 180 cm³/mol. The molecule has 2 amide bonds. The van der Waals surface area contributed by atoms with Gasteiger partial charge in [0.05, 0.1) is 30.8 Å². The number of nitrogens with one attached hydrogen (secondary N) is 3. The van der Waals surface area contributed by atoms with Crippen molar-refractivity contribution >= 4 is 35.6 Å². The second-order valence-electron chi connectivity index (χ2n) is 13.7. The molecule has 0 bridgehead atoms. The van der Waals surface area contributed by atoms with E-state index < -0.39 is 76.6 Å². The number of rotatable bonds is 16. The monoisotopic (exact) mass is 680 g/mol. The van der Waals surface area contributed by atoms with Crippen molar-refractivity contribution in [1.29, 1.82) is 0 Å². The highest BCUT2D eigenvalue weighted by atomic mass is 16.6. The van der Waals surface area contributed by atoms with E-state index in [2.05, 4.69) is 16.0 Å². The van der Waals surface area contributed by atoms with Gasteiger partial charge in [0.15, 0.2) is 11.6 Å². The Hall–Kier alpha value is -4.46. The van der Waals surface area contributed by atoms with E-state index in [1.807, 2.05) is 30.3 Å². The molecule has 49 heavy (non-hydrogen) atoms. The maximum atomic E-state index is 14.8. The zero-order chi connectivity index (χ0) is 36.5. The molecule has 0 aromatic heterocycles. The summed E-state index contributed by atoms with van der Waals surface area (Å²) >= 11 is 0. The van der Waals surface area contributed by atoms with Crippen LogP contribution in [0.15, 0.2) is 54.6 Å². The SMILES string of the molecule is CC(=O)N[C@@H](Cc1ccc(O)cc1)C(=O)N[C@H](C(=O)C(C(=O)OC(C)(C)C)(C(=O)[C@@H]1CC(OCc2ccccc2)CN1)C(N)C=O)C(C)C. The lowest BCUT2D eigenvalue weighted by atomic mass is 9.67. The smallest absolute Gasteiger partial charge is 0.330 e. The van der Waals surface area contributed by atoms with E-state index in [4.69, 9.17) is 15.2 Å². The Morgan fingerprint density at radius 2 is 1.63 bits per heavy atom. The van der Waals surface area contributed by atoms with E-state index in [9.17, 15) is 33.9 Å². The van der Waals surface area contributed by atoms with Crippen LogP contribution in [0.2, 0.25) is 0 Å². The maximum absolute atomic E-state index is 14.8. The number of nitrogens with two attached hydrogens (primary N) is 1. The lowest BCUT2D eigenvalue weighted by Crippen LogP contribution is -2.68. The van der Waals surface area contributed by atoms with Gasteiger partial charge in [-0.1, -0.05) is 56.3 Å². The van der Waals surface area contributed by atoms with Crippen LogP contribution in [0, 0.1) is 11.3 Å². The first-order valence-electron chi connectivity index (χ1n) is 16.3. The van der Waals surface area contributed by atoms with Gasteiger partial charge in [-0.2, -0.15) is 0 Å². The first-order chi connectivity index (χ1) is 23.0. The molecule has 1 saturated heterocycles. The quantitative estimate of drug-likeness (QED) is 0.0977. The summed E-state index contributed by atoms with van der Waals surface area (Å²) in [5.41, 5.74) is 3.74. The fraction of sp³-hybridized carbons (Fsp3) is 0.500. The van der Waals surface area contributed by atoms with Crippen LogP contribution in [0.5, 0.6) is 5.75 Å². The molecule has 3 rings (SSSR count). The third-order valence-corrected chi connectivity index (χ3v) is 8.20. The number of aldehydes is 1. The highest BCUT2D eigenvalue weighted by Gasteiger charge is 2.63. The average molecular weight is 681 g/mol. The van der Waals surface area contributed by atoms with Gasteiger partial charge in [-0.3, -0.25) is 24.0 Å². The summed E-state index contributed by atoms with van der Waals surface area (Å²) in [5, 5.41) is 17.9. The molecule has 1 aliphatic heterocycles. The van der Waals surface area contributed by atoms with Gasteiger partial charge >= 0.3 is 5.97 Å². The van der Waals surface area contributed by atoms with Crippen molar-refractivity contribution in [2.45, 2.75) is 96.9 Å². The number of hydrogen-bond donors (Lipinski definition) is 5. The van der Waals surface area contributed by atoms with E-state index in [1.54, 1.807) is 46.8 Å². The molecule has 1 heterocycles. The number of esters is 1. The van der Waals surface area contributed by atoms with Crippen molar-refractivity contribution in [3.05, 3.63) is 65.7 Å². The minimum absolute atomic E-state index is 0.00888. The summed E-state index contributed by atoms with van der Waals surface area (Å²) < 4.78 is 11.6. The van der Waals surface area contributed by atoms with Crippen LogP contribution in [-0.2, 0) is 51.3 Å². The molecule has 0 saturated carbocycles. The largest absolute Gasteiger partial charge is 0.508 e. The minimum atomic E-state index is -2.84. The number of aromatic hydroxyl groups is 1. The molecule has 0 radical (unpaired) electrons. The standard InChI is InChI=1S/C36H48N4O9/c1-21(2)30(40-33(46)28(39-22(3)42)16-23-12-14-25(43)15-13-23)32(45)36(29(37)19-41,34(47)49-35(4,5)6)31(44)27-17-26(18-38-27)48-20-24-10-8-7-9-11-24/h7-15,19,21,26-30,38,43H,16-18,20,37H2,1-6H3,(H,39,42)(H,40,46)/t26?,27-,28-,29?,30-,36?/m0/s1. The summed E-state index contributed by atoms with van der Waals surface area (Å²) in [6.07, 6.45) is -0.245. The molecule has 6 N–H and O–H groups in total. The van der Waals surface area contributed by atoms with Crippen molar-refractivity contribution in [3.63, 3.8) is 0 Å². The van der Waals surface area contributed by atoms with Crippen molar-refractivity contribution in [1.82, 2.24) is 16.0 Å². The van der Waals surface area contributed by atoms with E-state index in [0.29, 0.717) is 5.56 Å². The Morgan fingerprint density at radius 3 is 2.18 bits per heavy atom. The Balaban J connectivity index is 1.99. The molecule has 1 aliphatic rings. The number of Topliss-reactive ketones (excluding diaryl/α,β-unsaturated/α-hetero) is 2. The molecule has 0 aliphatic carbocycles. The van der Waals surface area contributed by atoms with Gasteiger partial charge in [-0.15, -0.1) is 0 Å². The van der Waals surface area contributed by atoms with Crippen LogP contribution >= 0.6 is 0 Å². The van der Waals surface area contributed by atoms with Crippen molar-refractivity contribution in [2.24, 2.45) is 17.1 Å². The number of phenolic OH excluding ortho intramolecular Hbond substituents is 1. The lowest BCUT2D eigenvalue weighted by molar-refractivity contribution is -0.176. The van der Waals surface area contributed by atoms with E-state index in [0.717, 1.165) is 5.56 Å². The van der Waals surface area contributed by atoms with E-state index in [1.165, 1.54) is 19.1 Å². The van der Waals surface area contributed by atoms with Crippen LogP contribution in [0.3, 0.4) is 0 Å². The molecule has 6 atom stereocenters. The summed E-state index contributed by atoms with van der Waals surface area (Å²) in [5.74, 6) is -5.41. The Labute approximate surface area is 286 Å². The number of phenols is 1. The van der Waals surface area contributed by atoms with Gasteiger partial charge in [-0.05, 0) is 56.4 Å². The fourth-order valence-corrected chi connectivity index (χ4v) is 5.70. The number of carbonyl (C=O) groups excluding carboxylic acids is 6. The van der Waals surface area contributed by atoms with Crippen molar-refractivity contribution < 1.29 is 43.3 Å². The van der Waals surface area contributed by atoms with Gasteiger partial charge < -0.3 is 41.1 Å². The molecule has 13 heteroatoms. The maximum Gasteiger partial charge on any atom is 0.330 e. The van der Waals surface area contributed by atoms with Gasteiger partial charge in [0.1, 0.15) is 23.7 Å². The molecular weight excluding hydrogens is 632 g/mol. The lowest BCUT2D eigenvalue weighted by Gasteiger charge is -2.38. The van der Waals surface area contributed by atoms with Gasteiger partial charge in [-0.25, -0.2) is 0 Å². The molecular formula is C36H48N4O9. The van der Waals surface area contributed by atoms with Crippen molar-refractivity contribution in [2.75, 3.05) is 6.54 Å². The summed E-state index contributed by atoms with van der Waals surface area (Å²) in [6.45, 7) is 9.52.